The molecule has 5 heteroatoms. The second-order valence-electron chi connectivity index (χ2n) is 7.59. The summed E-state index contributed by atoms with van der Waals surface area (Å²) in [5.74, 6) is -1.42. The van der Waals surface area contributed by atoms with Crippen LogP contribution in [-0.2, 0) is 9.59 Å². The van der Waals surface area contributed by atoms with Crippen LogP contribution in [0.5, 0.6) is 0 Å². The predicted molar refractivity (Wildman–Crippen MR) is 114 cm³/mol. The summed E-state index contributed by atoms with van der Waals surface area (Å²) < 4.78 is 0.952. The molecule has 1 aliphatic carbocycles. The summed E-state index contributed by atoms with van der Waals surface area (Å²) in [4.78, 5) is 25.3. The van der Waals surface area contributed by atoms with Crippen molar-refractivity contribution in [3.63, 3.8) is 0 Å². The fraction of sp³-hybridized carbons (Fsp3) is 0.304. The molecule has 28 heavy (non-hydrogen) atoms. The normalized spacial score (nSPS) is 24.8. The number of hydrogen-bond acceptors (Lipinski definition) is 4. The van der Waals surface area contributed by atoms with E-state index in [1.54, 1.807) is 6.92 Å². The van der Waals surface area contributed by atoms with Crippen LogP contribution < -0.4 is 5.32 Å². The Morgan fingerprint density at radius 1 is 1.07 bits per heavy atom. The highest BCUT2D eigenvalue weighted by atomic mass is 79.9. The summed E-state index contributed by atoms with van der Waals surface area (Å²) in [6.07, 6.45) is 0.200. The lowest BCUT2D eigenvalue weighted by Gasteiger charge is -2.43. The van der Waals surface area contributed by atoms with Gasteiger partial charge in [-0.2, -0.15) is 0 Å². The number of nitrogens with one attached hydrogen (secondary N) is 1. The highest BCUT2D eigenvalue weighted by Gasteiger charge is 2.49. The molecule has 0 heterocycles. The van der Waals surface area contributed by atoms with Gasteiger partial charge in [-0.3, -0.25) is 9.59 Å². The van der Waals surface area contributed by atoms with Crippen LogP contribution in [0.15, 0.2) is 70.3 Å². The molecule has 0 aliphatic heterocycles. The molecule has 0 saturated carbocycles. The van der Waals surface area contributed by atoms with Crippen molar-refractivity contribution in [3.8, 4) is 0 Å². The van der Waals surface area contributed by atoms with Gasteiger partial charge in [-0.15, -0.1) is 0 Å². The van der Waals surface area contributed by atoms with Gasteiger partial charge in [-0.1, -0.05) is 46.3 Å². The number of hydrogen-bond donors (Lipinski definition) is 2. The zero-order chi connectivity index (χ0) is 20.5. The van der Waals surface area contributed by atoms with Gasteiger partial charge < -0.3 is 10.4 Å². The van der Waals surface area contributed by atoms with Crippen molar-refractivity contribution in [1.82, 2.24) is 0 Å². The van der Waals surface area contributed by atoms with E-state index >= 15 is 0 Å². The quantitative estimate of drug-likeness (QED) is 0.695. The van der Waals surface area contributed by atoms with E-state index < -0.39 is 17.4 Å². The molecule has 0 bridgehead atoms. The highest BCUT2D eigenvalue weighted by molar-refractivity contribution is 9.10. The molecule has 0 radical (unpaired) electrons. The Balaban J connectivity index is 2.18. The van der Waals surface area contributed by atoms with Crippen LogP contribution in [0.25, 0.3) is 0 Å². The molecular formula is C23H24BrNO3. The molecule has 0 aromatic heterocycles. The Morgan fingerprint density at radius 3 is 2.21 bits per heavy atom. The van der Waals surface area contributed by atoms with Crippen LogP contribution in [-0.4, -0.2) is 22.3 Å². The minimum Gasteiger partial charge on any atom is -0.389 e. The zero-order valence-electron chi connectivity index (χ0n) is 16.2. The maximum atomic E-state index is 12.7. The third kappa shape index (κ3) is 4.10. The smallest absolute Gasteiger partial charge is 0.158 e. The topological polar surface area (TPSA) is 66.4 Å². The van der Waals surface area contributed by atoms with Gasteiger partial charge in [0, 0.05) is 33.8 Å². The minimum atomic E-state index is -1.27. The first-order valence-electron chi connectivity index (χ1n) is 9.25. The summed E-state index contributed by atoms with van der Waals surface area (Å²) in [5, 5.41) is 14.5. The van der Waals surface area contributed by atoms with E-state index in [4.69, 9.17) is 0 Å². The van der Waals surface area contributed by atoms with Gasteiger partial charge >= 0.3 is 0 Å². The molecule has 0 spiro atoms. The minimum absolute atomic E-state index is 0.102. The molecular weight excluding hydrogens is 418 g/mol. The number of rotatable bonds is 5. The average Bonchev–Trinajstić information content (AvgIpc) is 2.62. The number of carbonyl (C=O) groups is 2. The van der Waals surface area contributed by atoms with Gasteiger partial charge in [0.15, 0.2) is 5.78 Å². The molecule has 1 aliphatic rings. The Kier molecular flexibility index (Phi) is 5.87. The third-order valence-electron chi connectivity index (χ3n) is 5.29. The number of carbonyl (C=O) groups excluding carboxylic acids is 2. The molecule has 0 unspecified atom stereocenters. The van der Waals surface area contributed by atoms with Crippen LogP contribution in [0.4, 0.5) is 5.69 Å². The number of anilines is 1. The molecule has 146 valence electrons. The van der Waals surface area contributed by atoms with Crippen molar-refractivity contribution < 1.29 is 14.7 Å². The van der Waals surface area contributed by atoms with Gasteiger partial charge in [0.1, 0.15) is 5.78 Å². The van der Waals surface area contributed by atoms with Gasteiger partial charge in [0.05, 0.1) is 11.5 Å². The van der Waals surface area contributed by atoms with Crippen molar-refractivity contribution >= 4 is 33.2 Å². The number of allylic oxidation sites excluding steroid dienone is 1. The van der Waals surface area contributed by atoms with Crippen LogP contribution in [0, 0.1) is 5.92 Å². The predicted octanol–water partition coefficient (Wildman–Crippen LogP) is 4.85. The van der Waals surface area contributed by atoms with E-state index in [0.29, 0.717) is 11.3 Å². The Bertz CT molecular complexity index is 917. The first kappa shape index (κ1) is 20.5. The van der Waals surface area contributed by atoms with Crippen molar-refractivity contribution in [3.05, 3.63) is 75.9 Å². The lowest BCUT2D eigenvalue weighted by Crippen LogP contribution is -2.48. The number of aliphatic hydroxyl groups is 1. The van der Waals surface area contributed by atoms with Crippen molar-refractivity contribution in [2.45, 2.75) is 38.7 Å². The first-order chi connectivity index (χ1) is 13.2. The molecule has 2 aromatic rings. The van der Waals surface area contributed by atoms with E-state index in [9.17, 15) is 14.7 Å². The summed E-state index contributed by atoms with van der Waals surface area (Å²) in [6.45, 7) is 4.68. The molecule has 0 amide bonds. The van der Waals surface area contributed by atoms with Crippen molar-refractivity contribution in [2.75, 3.05) is 5.32 Å². The number of halogens is 1. The van der Waals surface area contributed by atoms with E-state index in [2.05, 4.69) is 21.2 Å². The lowest BCUT2D eigenvalue weighted by molar-refractivity contribution is -0.131. The van der Waals surface area contributed by atoms with E-state index in [1.807, 2.05) is 54.6 Å². The molecule has 2 N–H and O–H groups in total. The summed E-state index contributed by atoms with van der Waals surface area (Å²) in [7, 11) is 0. The highest BCUT2D eigenvalue weighted by Crippen LogP contribution is 2.47. The molecule has 2 aromatic carbocycles. The molecule has 0 saturated heterocycles. The van der Waals surface area contributed by atoms with E-state index in [0.717, 1.165) is 15.7 Å². The largest absolute Gasteiger partial charge is 0.389 e. The SMILES string of the molecule is CC(=O)C1=C(Nc2ccc(Br)cc2)C[C@@](C)(O)[C@@H](C(C)=O)[C@@H]1c1ccccc1. The van der Waals surface area contributed by atoms with Gasteiger partial charge in [-0.25, -0.2) is 0 Å². The average molecular weight is 442 g/mol. The zero-order valence-corrected chi connectivity index (χ0v) is 17.8. The Hall–Kier alpha value is -2.24. The van der Waals surface area contributed by atoms with Crippen molar-refractivity contribution in [1.29, 1.82) is 0 Å². The number of benzene rings is 2. The van der Waals surface area contributed by atoms with Gasteiger partial charge in [0.2, 0.25) is 0 Å². The Labute approximate surface area is 173 Å². The Morgan fingerprint density at radius 2 is 1.68 bits per heavy atom. The molecule has 3 rings (SSSR count). The number of Topliss-reactive ketones (excluding diaryl/α,β-unsaturated/α-hetero) is 2. The van der Waals surface area contributed by atoms with Crippen LogP contribution in [0.3, 0.4) is 0 Å². The monoisotopic (exact) mass is 441 g/mol. The summed E-state index contributed by atoms with van der Waals surface area (Å²) in [5.41, 5.74) is 1.61. The summed E-state index contributed by atoms with van der Waals surface area (Å²) >= 11 is 3.42. The number of ketones is 2. The molecule has 0 fully saturated rings. The second kappa shape index (κ2) is 8.02. The fourth-order valence-electron chi connectivity index (χ4n) is 4.22. The fourth-order valence-corrected chi connectivity index (χ4v) is 4.48. The van der Waals surface area contributed by atoms with Crippen molar-refractivity contribution in [2.24, 2.45) is 5.92 Å². The second-order valence-corrected chi connectivity index (χ2v) is 8.51. The third-order valence-corrected chi connectivity index (χ3v) is 5.82. The molecule has 3 atom stereocenters. The van der Waals surface area contributed by atoms with E-state index in [-0.39, 0.29) is 18.0 Å². The molecule has 4 nitrogen and oxygen atoms in total. The standard InChI is InChI=1S/C23H24BrNO3/c1-14(26)20-19(25-18-11-9-17(24)10-12-18)13-23(3,28)22(15(2)27)21(20)16-7-5-4-6-8-16/h4-12,21-22,25,28H,13H2,1-3H3/t21-,22+,23-/m1/s1. The van der Waals surface area contributed by atoms with Crippen LogP contribution in [0.1, 0.15) is 38.7 Å². The maximum absolute atomic E-state index is 12.7. The summed E-state index contributed by atoms with van der Waals surface area (Å²) in [6, 6.07) is 17.1. The van der Waals surface area contributed by atoms with E-state index in [1.165, 1.54) is 13.8 Å². The van der Waals surface area contributed by atoms with Gasteiger partial charge in [-0.05, 0) is 50.6 Å². The first-order valence-corrected chi connectivity index (χ1v) is 10.0. The van der Waals surface area contributed by atoms with Gasteiger partial charge in [0.25, 0.3) is 0 Å². The maximum Gasteiger partial charge on any atom is 0.158 e. The van der Waals surface area contributed by atoms with Crippen LogP contribution in [0.2, 0.25) is 0 Å². The van der Waals surface area contributed by atoms with Crippen LogP contribution >= 0.6 is 15.9 Å². The lowest BCUT2D eigenvalue weighted by atomic mass is 9.64.